The number of aryl methyl sites for hydroxylation is 3. The van der Waals surface area contributed by atoms with Gasteiger partial charge in [-0.25, -0.2) is 0 Å². The normalized spacial score (nSPS) is 7.00. The van der Waals surface area contributed by atoms with E-state index >= 15 is 0 Å². The Morgan fingerprint density at radius 1 is 0.714 bits per heavy atom. The molecule has 0 aliphatic carbocycles. The van der Waals surface area contributed by atoms with Crippen LogP contribution in [-0.2, 0) is 0 Å². The molecule has 0 aromatic heterocycles. The zero-order chi connectivity index (χ0) is 15.1. The smallest absolute Gasteiger partial charge is 0.693 e. The number of nitrogens with two attached hydrogens (primary N) is 1. The zero-order valence-corrected chi connectivity index (χ0v) is 20.1. The summed E-state index contributed by atoms with van der Waals surface area (Å²) in [6.45, 7) is 14.3. The van der Waals surface area contributed by atoms with Crippen molar-refractivity contribution in [3.05, 3.63) is 77.4 Å². The molecule has 0 saturated carbocycles. The maximum absolute atomic E-state index is 2.96. The van der Waals surface area contributed by atoms with Crippen LogP contribution in [0.3, 0.4) is 0 Å². The molecule has 0 atom stereocenters. The number of hydrogen-bond acceptors (Lipinski definition) is 0. The first kappa shape index (κ1) is 29.2. The van der Waals surface area contributed by atoms with E-state index in [1.807, 2.05) is 45.9 Å². The molecule has 0 unspecified atom stereocenters. The van der Waals surface area contributed by atoms with Crippen molar-refractivity contribution in [1.82, 2.24) is 0 Å². The van der Waals surface area contributed by atoms with Crippen molar-refractivity contribution < 1.29 is 58.2 Å². The molecule has 2 aromatic rings. The maximum atomic E-state index is 2.96. The van der Waals surface area contributed by atoms with Gasteiger partial charge in [0.15, 0.2) is 0 Å². The fourth-order valence-electron chi connectivity index (χ4n) is 1.15. The van der Waals surface area contributed by atoms with Crippen LogP contribution in [0.25, 0.3) is 6.15 Å². The van der Waals surface area contributed by atoms with Gasteiger partial charge in [-0.1, -0.05) is 58.9 Å². The van der Waals surface area contributed by atoms with Gasteiger partial charge in [-0.15, -0.1) is 0 Å². The second-order valence-corrected chi connectivity index (χ2v) is 3.67. The van der Waals surface area contributed by atoms with E-state index in [4.69, 9.17) is 0 Å². The quantitative estimate of drug-likeness (QED) is 0.640. The molecule has 2 rings (SSSR count). The van der Waals surface area contributed by atoms with Gasteiger partial charge >= 0.3 is 58.2 Å². The van der Waals surface area contributed by atoms with Crippen molar-refractivity contribution in [2.24, 2.45) is 0 Å². The summed E-state index contributed by atoms with van der Waals surface area (Å²) in [5.41, 5.74) is 4.00. The third-order valence-corrected chi connectivity index (χ3v) is 2.29. The topological polar surface area (TPSA) is 33.5 Å². The minimum Gasteiger partial charge on any atom is -0.693 e. The van der Waals surface area contributed by atoms with E-state index in [1.54, 1.807) is 0 Å². The van der Waals surface area contributed by atoms with Crippen LogP contribution in [0.5, 0.6) is 0 Å². The summed E-state index contributed by atoms with van der Waals surface area (Å²) in [4.78, 5) is 0. The van der Waals surface area contributed by atoms with Gasteiger partial charge in [-0.3, -0.25) is 0 Å². The van der Waals surface area contributed by atoms with Gasteiger partial charge in [0, 0.05) is 0 Å². The van der Waals surface area contributed by atoms with Crippen molar-refractivity contribution >= 4 is 0 Å². The molecule has 0 radical (unpaired) electrons. The van der Waals surface area contributed by atoms with Crippen molar-refractivity contribution in [1.29, 1.82) is 0 Å². The van der Waals surface area contributed by atoms with Crippen molar-refractivity contribution in [2.75, 3.05) is 0 Å². The van der Waals surface area contributed by atoms with E-state index in [1.165, 1.54) is 16.7 Å². The Kier molecular flexibility index (Phi) is 31.3. The molecule has 0 fully saturated rings. The van der Waals surface area contributed by atoms with Gasteiger partial charge in [0.05, 0.1) is 0 Å². The third kappa shape index (κ3) is 18.2. The van der Waals surface area contributed by atoms with Gasteiger partial charge in [0.1, 0.15) is 0 Å². The number of hydrogen-bond donors (Lipinski definition) is 0. The van der Waals surface area contributed by atoms with Crippen molar-refractivity contribution in [2.45, 2.75) is 48.5 Å². The fourth-order valence-corrected chi connectivity index (χ4v) is 1.15. The monoisotopic (exact) mass is 358 g/mol. The first-order valence-corrected chi connectivity index (χ1v) is 7.15. The summed E-state index contributed by atoms with van der Waals surface area (Å²) in [6, 6.07) is 19.2. The summed E-state index contributed by atoms with van der Waals surface area (Å²) in [5, 5.41) is 0. The molecule has 2 aromatic carbocycles. The summed E-state index contributed by atoms with van der Waals surface area (Å²) >= 11 is 0. The number of rotatable bonds is 0. The predicted octanol–water partition coefficient (Wildman–Crippen LogP) is 3.87. The van der Waals surface area contributed by atoms with E-state index in [2.05, 4.69) is 57.2 Å². The molecule has 114 valence electrons. The van der Waals surface area contributed by atoms with E-state index in [0.29, 0.717) is 0 Å². The predicted molar refractivity (Wildman–Crippen MR) is 93.9 cm³/mol. The number of benzene rings is 2. The van der Waals surface area contributed by atoms with Crippen LogP contribution in [0.2, 0.25) is 0 Å². The Hall–Kier alpha value is 0.205. The average Bonchev–Trinajstić information content (AvgIpc) is 2.48. The van der Waals surface area contributed by atoms with Crippen LogP contribution in [0.1, 0.15) is 44.4 Å². The summed E-state index contributed by atoms with van der Waals surface area (Å²) in [7, 11) is 0. The van der Waals surface area contributed by atoms with Gasteiger partial charge in [0.2, 0.25) is 0 Å². The van der Waals surface area contributed by atoms with Crippen LogP contribution >= 0.6 is 0 Å². The van der Waals surface area contributed by atoms with Crippen LogP contribution in [0.15, 0.2) is 48.5 Å². The molecule has 2 N–H and O–H groups in total. The van der Waals surface area contributed by atoms with Crippen LogP contribution in [0, 0.1) is 26.8 Å². The molecule has 0 aliphatic heterocycles. The van der Waals surface area contributed by atoms with E-state index in [-0.39, 0.29) is 64.3 Å². The Morgan fingerprint density at radius 3 is 1.33 bits per heavy atom. The molecule has 0 heterocycles. The SMILES string of the molecule is CC.CC.Cc1c[c-]ccc1.Cc1ccccc1C.[NH2-].[Rb+]. The molecule has 1 nitrogen and oxygen atoms in total. The second kappa shape index (κ2) is 22.5. The Labute approximate surface area is 181 Å². The first-order valence-electron chi connectivity index (χ1n) is 7.15. The minimum atomic E-state index is 0. The average molecular weight is 359 g/mol. The summed E-state index contributed by atoms with van der Waals surface area (Å²) in [6.07, 6.45) is 0. The zero-order valence-electron chi connectivity index (χ0n) is 15.2. The van der Waals surface area contributed by atoms with E-state index in [9.17, 15) is 0 Å². The summed E-state index contributed by atoms with van der Waals surface area (Å²) in [5.74, 6) is 0. The maximum Gasteiger partial charge on any atom is 1.00 e. The summed E-state index contributed by atoms with van der Waals surface area (Å²) < 4.78 is 0. The van der Waals surface area contributed by atoms with Gasteiger partial charge in [-0.05, 0) is 25.0 Å². The molecule has 21 heavy (non-hydrogen) atoms. The molecule has 0 spiro atoms. The molecular formula is C19H31NRb-. The standard InChI is InChI=1S/C8H10.C7H7.2C2H6.H2N.Rb/c1-7-5-3-4-6-8(7)2;1-7-5-3-2-4-6-7;2*1-2;;/h3-6H,1-2H3;2-3,5-6H,1H3;2*1-2H3;1H2;/q;-1;;;-1;+1. The van der Waals surface area contributed by atoms with E-state index in [0.717, 1.165) is 0 Å². The molecule has 2 heteroatoms. The third-order valence-electron chi connectivity index (χ3n) is 2.29. The largest absolute Gasteiger partial charge is 1.00 e. The molecule has 0 saturated heterocycles. The van der Waals surface area contributed by atoms with Crippen molar-refractivity contribution in [3.63, 3.8) is 0 Å². The van der Waals surface area contributed by atoms with Gasteiger partial charge < -0.3 is 6.15 Å². The fraction of sp³-hybridized carbons (Fsp3) is 0.368. The van der Waals surface area contributed by atoms with Gasteiger partial charge in [-0.2, -0.15) is 35.9 Å². The molecule has 0 bridgehead atoms. The molecule has 0 amide bonds. The molecular weight excluding hydrogens is 328 g/mol. The Morgan fingerprint density at radius 2 is 1.14 bits per heavy atom. The van der Waals surface area contributed by atoms with Gasteiger partial charge in [0.25, 0.3) is 0 Å². The Balaban J connectivity index is -0.000000104. The van der Waals surface area contributed by atoms with Crippen LogP contribution in [-0.4, -0.2) is 0 Å². The van der Waals surface area contributed by atoms with Crippen LogP contribution in [0.4, 0.5) is 0 Å². The Bertz CT molecular complexity index is 378. The minimum absolute atomic E-state index is 0. The van der Waals surface area contributed by atoms with Crippen molar-refractivity contribution in [3.8, 4) is 0 Å². The first-order chi connectivity index (χ1) is 9.20. The second-order valence-electron chi connectivity index (χ2n) is 3.67. The van der Waals surface area contributed by atoms with E-state index < -0.39 is 0 Å². The molecule has 0 aliphatic rings. The van der Waals surface area contributed by atoms with Crippen LogP contribution < -0.4 is 58.2 Å².